The predicted octanol–water partition coefficient (Wildman–Crippen LogP) is 2.16. The number of piperazine rings is 1. The van der Waals surface area contributed by atoms with Gasteiger partial charge < -0.3 is 24.2 Å². The van der Waals surface area contributed by atoms with Gasteiger partial charge in [0.05, 0.1) is 12.8 Å². The zero-order chi connectivity index (χ0) is 20.2. The Morgan fingerprint density at radius 3 is 2.66 bits per heavy atom. The molecule has 0 unspecified atom stereocenters. The lowest BCUT2D eigenvalue weighted by Gasteiger charge is -2.36. The fraction of sp³-hybridized carbons (Fsp3) is 0.364. The lowest BCUT2D eigenvalue weighted by Crippen LogP contribution is -2.49. The molecular weight excluding hydrogens is 370 g/mol. The third-order valence-electron chi connectivity index (χ3n) is 5.41. The molecule has 0 bridgehead atoms. The second-order valence-corrected chi connectivity index (χ2v) is 7.12. The van der Waals surface area contributed by atoms with Crippen molar-refractivity contribution in [2.45, 2.75) is 6.42 Å². The van der Waals surface area contributed by atoms with Crippen molar-refractivity contribution in [3.8, 4) is 11.5 Å². The maximum Gasteiger partial charge on any atom is 0.265 e. The van der Waals surface area contributed by atoms with Crippen LogP contribution in [0.4, 0.5) is 11.4 Å². The summed E-state index contributed by atoms with van der Waals surface area (Å²) in [6.45, 7) is 3.28. The quantitative estimate of drug-likeness (QED) is 0.776. The first-order chi connectivity index (χ1) is 14.2. The number of anilines is 2. The molecule has 152 valence electrons. The zero-order valence-electron chi connectivity index (χ0n) is 16.5. The topological polar surface area (TPSA) is 62.3 Å². The number of nitrogens with zero attached hydrogens (tertiary/aromatic N) is 3. The lowest BCUT2D eigenvalue weighted by atomic mass is 10.2. The SMILES string of the molecule is COc1cccc(N2CCN(C(=O)CCN3C(=O)COc4ccccc43)CC2)c1. The van der Waals surface area contributed by atoms with Gasteiger partial charge in [0.15, 0.2) is 6.61 Å². The largest absolute Gasteiger partial charge is 0.497 e. The van der Waals surface area contributed by atoms with Crippen LogP contribution in [-0.4, -0.2) is 63.2 Å². The van der Waals surface area contributed by atoms with Crippen molar-refractivity contribution in [2.75, 3.05) is 56.2 Å². The molecule has 0 aromatic heterocycles. The molecule has 7 heteroatoms. The van der Waals surface area contributed by atoms with Crippen LogP contribution in [-0.2, 0) is 9.59 Å². The highest BCUT2D eigenvalue weighted by molar-refractivity contribution is 5.98. The van der Waals surface area contributed by atoms with Gasteiger partial charge in [-0.25, -0.2) is 0 Å². The van der Waals surface area contributed by atoms with E-state index in [1.54, 1.807) is 12.0 Å². The van der Waals surface area contributed by atoms with Gasteiger partial charge in [-0.1, -0.05) is 18.2 Å². The van der Waals surface area contributed by atoms with E-state index >= 15 is 0 Å². The van der Waals surface area contributed by atoms with Crippen molar-refractivity contribution >= 4 is 23.2 Å². The zero-order valence-corrected chi connectivity index (χ0v) is 16.5. The Morgan fingerprint density at radius 1 is 1.07 bits per heavy atom. The second kappa shape index (κ2) is 8.43. The minimum atomic E-state index is -0.112. The van der Waals surface area contributed by atoms with Crippen LogP contribution in [0.15, 0.2) is 48.5 Å². The summed E-state index contributed by atoms with van der Waals surface area (Å²) in [4.78, 5) is 30.8. The average molecular weight is 395 g/mol. The number of carbonyl (C=O) groups excluding carboxylic acids is 2. The molecule has 2 aliphatic heterocycles. The Labute approximate surface area is 170 Å². The van der Waals surface area contributed by atoms with Gasteiger partial charge in [0.1, 0.15) is 11.5 Å². The van der Waals surface area contributed by atoms with E-state index in [4.69, 9.17) is 9.47 Å². The molecule has 2 aliphatic rings. The maximum absolute atomic E-state index is 12.7. The van der Waals surface area contributed by atoms with E-state index in [-0.39, 0.29) is 18.4 Å². The summed E-state index contributed by atoms with van der Waals surface area (Å²) in [5.74, 6) is 1.48. The number of rotatable bonds is 5. The first-order valence-electron chi connectivity index (χ1n) is 9.84. The van der Waals surface area contributed by atoms with Crippen LogP contribution in [0.3, 0.4) is 0 Å². The molecule has 7 nitrogen and oxygen atoms in total. The molecule has 2 heterocycles. The van der Waals surface area contributed by atoms with Gasteiger partial charge in [-0.2, -0.15) is 0 Å². The first-order valence-corrected chi connectivity index (χ1v) is 9.84. The molecule has 0 radical (unpaired) electrons. The van der Waals surface area contributed by atoms with Crippen LogP contribution >= 0.6 is 0 Å². The Balaban J connectivity index is 1.32. The first kappa shape index (κ1) is 19.1. The molecule has 4 rings (SSSR count). The molecule has 0 N–H and O–H groups in total. The molecular formula is C22H25N3O4. The van der Waals surface area contributed by atoms with Crippen LogP contribution in [0.2, 0.25) is 0 Å². The van der Waals surface area contributed by atoms with E-state index in [1.165, 1.54) is 0 Å². The molecule has 0 saturated carbocycles. The van der Waals surface area contributed by atoms with E-state index < -0.39 is 0 Å². The number of fused-ring (bicyclic) bond motifs is 1. The summed E-state index contributed by atoms with van der Waals surface area (Å²) in [6.07, 6.45) is 0.305. The van der Waals surface area contributed by atoms with Crippen LogP contribution in [0.5, 0.6) is 11.5 Å². The smallest absolute Gasteiger partial charge is 0.265 e. The molecule has 2 amide bonds. The monoisotopic (exact) mass is 395 g/mol. The molecule has 2 aromatic rings. The number of ether oxygens (including phenoxy) is 2. The second-order valence-electron chi connectivity index (χ2n) is 7.12. The Hall–Kier alpha value is -3.22. The van der Waals surface area contributed by atoms with Crippen molar-refractivity contribution in [1.82, 2.24) is 4.90 Å². The van der Waals surface area contributed by atoms with Crippen LogP contribution in [0, 0.1) is 0 Å². The van der Waals surface area contributed by atoms with E-state index in [2.05, 4.69) is 11.0 Å². The number of benzene rings is 2. The van der Waals surface area contributed by atoms with E-state index in [9.17, 15) is 9.59 Å². The van der Waals surface area contributed by atoms with Crippen molar-refractivity contribution < 1.29 is 19.1 Å². The van der Waals surface area contributed by atoms with Crippen LogP contribution in [0.1, 0.15) is 6.42 Å². The van der Waals surface area contributed by atoms with Crippen LogP contribution in [0.25, 0.3) is 0 Å². The third-order valence-corrected chi connectivity index (χ3v) is 5.41. The minimum Gasteiger partial charge on any atom is -0.497 e. The molecule has 29 heavy (non-hydrogen) atoms. The standard InChI is InChI=1S/C22H25N3O4/c1-28-18-6-4-5-17(15-18)23-11-13-24(14-12-23)21(26)9-10-25-19-7-2-3-8-20(19)29-16-22(25)27/h2-8,15H,9-14,16H2,1H3. The molecule has 0 atom stereocenters. The van der Waals surface area contributed by atoms with Gasteiger partial charge in [0.2, 0.25) is 5.91 Å². The number of carbonyl (C=O) groups is 2. The Morgan fingerprint density at radius 2 is 1.86 bits per heavy atom. The van der Waals surface area contributed by atoms with E-state index in [1.807, 2.05) is 47.4 Å². The summed E-state index contributed by atoms with van der Waals surface area (Å²) in [5.41, 5.74) is 1.84. The minimum absolute atomic E-state index is 0.0183. The fourth-order valence-electron chi connectivity index (χ4n) is 3.79. The number of para-hydroxylation sites is 2. The number of amides is 2. The average Bonchev–Trinajstić information content (AvgIpc) is 2.78. The fourth-order valence-corrected chi connectivity index (χ4v) is 3.79. The predicted molar refractivity (Wildman–Crippen MR) is 111 cm³/mol. The van der Waals surface area contributed by atoms with Gasteiger partial charge in [0.25, 0.3) is 5.91 Å². The highest BCUT2D eigenvalue weighted by atomic mass is 16.5. The summed E-state index contributed by atoms with van der Waals surface area (Å²) in [7, 11) is 1.66. The summed E-state index contributed by atoms with van der Waals surface area (Å²) >= 11 is 0. The molecule has 1 saturated heterocycles. The van der Waals surface area contributed by atoms with Crippen molar-refractivity contribution in [3.05, 3.63) is 48.5 Å². The van der Waals surface area contributed by atoms with Crippen molar-refractivity contribution in [3.63, 3.8) is 0 Å². The maximum atomic E-state index is 12.7. The van der Waals surface area contributed by atoms with Gasteiger partial charge in [-0.05, 0) is 24.3 Å². The molecule has 2 aromatic carbocycles. The number of hydrogen-bond donors (Lipinski definition) is 0. The van der Waals surface area contributed by atoms with E-state index in [0.717, 1.165) is 30.2 Å². The normalized spacial score (nSPS) is 16.3. The van der Waals surface area contributed by atoms with Gasteiger partial charge in [0, 0.05) is 50.9 Å². The van der Waals surface area contributed by atoms with Crippen LogP contribution < -0.4 is 19.3 Å². The van der Waals surface area contributed by atoms with Gasteiger partial charge in [-0.15, -0.1) is 0 Å². The van der Waals surface area contributed by atoms with E-state index in [0.29, 0.717) is 31.8 Å². The molecule has 1 fully saturated rings. The third kappa shape index (κ3) is 4.13. The Bertz CT molecular complexity index is 893. The van der Waals surface area contributed by atoms with Gasteiger partial charge >= 0.3 is 0 Å². The lowest BCUT2D eigenvalue weighted by molar-refractivity contribution is -0.131. The number of hydrogen-bond acceptors (Lipinski definition) is 5. The molecule has 0 aliphatic carbocycles. The van der Waals surface area contributed by atoms with Gasteiger partial charge in [-0.3, -0.25) is 9.59 Å². The summed E-state index contributed by atoms with van der Waals surface area (Å²) in [5, 5.41) is 0. The highest BCUT2D eigenvalue weighted by Gasteiger charge is 2.27. The summed E-state index contributed by atoms with van der Waals surface area (Å²) in [6, 6.07) is 15.4. The number of methoxy groups -OCH3 is 1. The Kier molecular flexibility index (Phi) is 5.55. The summed E-state index contributed by atoms with van der Waals surface area (Å²) < 4.78 is 10.8. The van der Waals surface area contributed by atoms with Crippen molar-refractivity contribution in [2.24, 2.45) is 0 Å². The van der Waals surface area contributed by atoms with Crippen molar-refractivity contribution in [1.29, 1.82) is 0 Å². The molecule has 0 spiro atoms. The highest BCUT2D eigenvalue weighted by Crippen LogP contribution is 2.31.